The van der Waals surface area contributed by atoms with Gasteiger partial charge in [-0.15, -0.1) is 0 Å². The molecule has 12 heteroatoms. The zero-order chi connectivity index (χ0) is 26.8. The summed E-state index contributed by atoms with van der Waals surface area (Å²) in [5, 5.41) is 27.3. The lowest BCUT2D eigenvalue weighted by Crippen LogP contribution is -2.26. The van der Waals surface area contributed by atoms with Gasteiger partial charge in [-0.3, -0.25) is 29.8 Å². The first-order valence-corrected chi connectivity index (χ1v) is 11.1. The molecule has 0 fully saturated rings. The summed E-state index contributed by atoms with van der Waals surface area (Å²) in [5.74, 6) is -0.276. The van der Waals surface area contributed by atoms with E-state index >= 15 is 0 Å². The quantitative estimate of drug-likeness (QED) is 0.294. The third-order valence-electron chi connectivity index (χ3n) is 5.59. The number of amidine groups is 2. The standard InChI is InChI=1S/C26H16N6O6/c33-25-21(13-15-3-1-5-19(11-15)31(35)36)27-23(29-25)17-7-9-18(10-8-17)24-28-22(26(34)30-24)14-16-4-2-6-20(12-16)32(37)38/h1-14H,(H,27,29,33)(H,28,30,34). The van der Waals surface area contributed by atoms with Crippen LogP contribution >= 0.6 is 0 Å². The van der Waals surface area contributed by atoms with Crippen molar-refractivity contribution in [2.75, 3.05) is 0 Å². The lowest BCUT2D eigenvalue weighted by molar-refractivity contribution is -0.385. The molecule has 5 rings (SSSR count). The van der Waals surface area contributed by atoms with Gasteiger partial charge in [-0.2, -0.15) is 0 Å². The van der Waals surface area contributed by atoms with Gasteiger partial charge in [0.2, 0.25) is 0 Å². The molecule has 38 heavy (non-hydrogen) atoms. The van der Waals surface area contributed by atoms with Crippen LogP contribution in [-0.2, 0) is 9.59 Å². The molecule has 2 amide bonds. The number of hydrogen-bond donors (Lipinski definition) is 2. The van der Waals surface area contributed by atoms with Crippen LogP contribution in [0.4, 0.5) is 11.4 Å². The fraction of sp³-hybridized carbons (Fsp3) is 0. The van der Waals surface area contributed by atoms with Gasteiger partial charge < -0.3 is 10.6 Å². The molecule has 0 bridgehead atoms. The minimum atomic E-state index is -0.517. The lowest BCUT2D eigenvalue weighted by Gasteiger charge is -2.04. The van der Waals surface area contributed by atoms with Gasteiger partial charge in [-0.25, -0.2) is 9.98 Å². The Morgan fingerprint density at radius 3 is 1.39 bits per heavy atom. The number of hydrogen-bond acceptors (Lipinski definition) is 8. The summed E-state index contributed by atoms with van der Waals surface area (Å²) < 4.78 is 0. The highest BCUT2D eigenvalue weighted by atomic mass is 16.6. The minimum Gasteiger partial charge on any atom is -0.305 e. The van der Waals surface area contributed by atoms with Crippen molar-refractivity contribution in [1.29, 1.82) is 0 Å². The molecule has 0 spiro atoms. The molecule has 3 aromatic carbocycles. The zero-order valence-electron chi connectivity index (χ0n) is 19.3. The second kappa shape index (κ2) is 9.70. The second-order valence-electron chi connectivity index (χ2n) is 8.17. The Labute approximate surface area is 214 Å². The molecule has 0 radical (unpaired) electrons. The summed E-state index contributed by atoms with van der Waals surface area (Å²) in [7, 11) is 0. The van der Waals surface area contributed by atoms with E-state index in [1.807, 2.05) is 0 Å². The highest BCUT2D eigenvalue weighted by Gasteiger charge is 2.24. The zero-order valence-corrected chi connectivity index (χ0v) is 19.3. The van der Waals surface area contributed by atoms with Crippen LogP contribution < -0.4 is 10.6 Å². The number of rotatable bonds is 6. The number of benzene rings is 3. The third kappa shape index (κ3) is 4.95. The smallest absolute Gasteiger partial charge is 0.275 e. The van der Waals surface area contributed by atoms with Crippen LogP contribution in [0.1, 0.15) is 22.3 Å². The van der Waals surface area contributed by atoms with Crippen LogP contribution in [0, 0.1) is 20.2 Å². The van der Waals surface area contributed by atoms with Crippen molar-refractivity contribution < 1.29 is 19.4 Å². The van der Waals surface area contributed by atoms with Gasteiger partial charge in [-0.05, 0) is 23.3 Å². The monoisotopic (exact) mass is 508 g/mol. The van der Waals surface area contributed by atoms with Crippen LogP contribution in [0.2, 0.25) is 0 Å². The number of nitro groups is 2. The molecule has 2 aliphatic heterocycles. The van der Waals surface area contributed by atoms with Gasteiger partial charge in [0.05, 0.1) is 9.85 Å². The first kappa shape index (κ1) is 23.9. The molecular formula is C26H16N6O6. The first-order chi connectivity index (χ1) is 18.3. The Bertz CT molecular complexity index is 1530. The van der Waals surface area contributed by atoms with Gasteiger partial charge in [0, 0.05) is 35.4 Å². The number of nitrogens with zero attached hydrogens (tertiary/aromatic N) is 4. The van der Waals surface area contributed by atoms with Crippen LogP contribution in [0.25, 0.3) is 12.2 Å². The van der Waals surface area contributed by atoms with Crippen molar-refractivity contribution >= 4 is 47.0 Å². The normalized spacial score (nSPS) is 16.7. The molecule has 186 valence electrons. The van der Waals surface area contributed by atoms with Crippen molar-refractivity contribution in [3.63, 3.8) is 0 Å². The van der Waals surface area contributed by atoms with E-state index < -0.39 is 21.7 Å². The van der Waals surface area contributed by atoms with Gasteiger partial charge in [0.1, 0.15) is 23.1 Å². The maximum absolute atomic E-state index is 12.4. The predicted octanol–water partition coefficient (Wildman–Crippen LogP) is 3.34. The highest BCUT2D eigenvalue weighted by molar-refractivity contribution is 6.21. The first-order valence-electron chi connectivity index (χ1n) is 11.1. The average Bonchev–Trinajstić information content (AvgIpc) is 3.46. The van der Waals surface area contributed by atoms with Crippen molar-refractivity contribution in [3.8, 4) is 0 Å². The van der Waals surface area contributed by atoms with Crippen molar-refractivity contribution in [1.82, 2.24) is 10.6 Å². The fourth-order valence-electron chi connectivity index (χ4n) is 3.77. The average molecular weight is 508 g/mol. The van der Waals surface area contributed by atoms with Crippen LogP contribution in [0.5, 0.6) is 0 Å². The van der Waals surface area contributed by atoms with Gasteiger partial charge in [0.15, 0.2) is 0 Å². The van der Waals surface area contributed by atoms with E-state index in [-0.39, 0.29) is 22.8 Å². The number of non-ortho nitro benzene ring substituents is 2. The van der Waals surface area contributed by atoms with E-state index in [0.29, 0.717) is 33.9 Å². The minimum absolute atomic E-state index is 0.0949. The van der Waals surface area contributed by atoms with E-state index in [2.05, 4.69) is 20.6 Å². The summed E-state index contributed by atoms with van der Waals surface area (Å²) in [4.78, 5) is 54.4. The SMILES string of the molecule is O=C1NC(c2ccc(C3=NC(=Cc4cccc([N+](=O)[O-])c4)C(=O)N3)cc2)=NC1=Cc1cccc([N+](=O)[O-])c1. The second-order valence-corrected chi connectivity index (χ2v) is 8.17. The van der Waals surface area contributed by atoms with Crippen molar-refractivity contribution in [3.05, 3.63) is 127 Å². The topological polar surface area (TPSA) is 169 Å². The van der Waals surface area contributed by atoms with E-state index in [1.165, 1.54) is 48.6 Å². The van der Waals surface area contributed by atoms with Gasteiger partial charge in [0.25, 0.3) is 23.2 Å². The lowest BCUT2D eigenvalue weighted by atomic mass is 10.1. The van der Waals surface area contributed by atoms with Crippen molar-refractivity contribution in [2.24, 2.45) is 9.98 Å². The number of carbonyl (C=O) groups is 2. The van der Waals surface area contributed by atoms with E-state index in [9.17, 15) is 29.8 Å². The van der Waals surface area contributed by atoms with Crippen LogP contribution in [-0.4, -0.2) is 33.3 Å². The molecule has 0 atom stereocenters. The molecule has 0 saturated heterocycles. The third-order valence-corrected chi connectivity index (χ3v) is 5.59. The Balaban J connectivity index is 1.36. The molecular weight excluding hydrogens is 492 g/mol. The number of aliphatic imine (C=N–C) groups is 2. The molecule has 0 aliphatic carbocycles. The number of nitrogens with one attached hydrogen (secondary N) is 2. The Morgan fingerprint density at radius 1 is 0.632 bits per heavy atom. The predicted molar refractivity (Wildman–Crippen MR) is 138 cm³/mol. The van der Waals surface area contributed by atoms with E-state index in [4.69, 9.17) is 0 Å². The van der Waals surface area contributed by atoms with E-state index in [1.54, 1.807) is 36.4 Å². The van der Waals surface area contributed by atoms with Gasteiger partial charge >= 0.3 is 0 Å². The largest absolute Gasteiger partial charge is 0.305 e. The molecule has 2 heterocycles. The summed E-state index contributed by atoms with van der Waals surface area (Å²) in [6.45, 7) is 0. The molecule has 3 aromatic rings. The maximum Gasteiger partial charge on any atom is 0.275 e. The van der Waals surface area contributed by atoms with Crippen LogP contribution in [0.15, 0.2) is 94.2 Å². The number of carbonyl (C=O) groups excluding carboxylic acids is 2. The Morgan fingerprint density at radius 2 is 1.03 bits per heavy atom. The number of nitro benzene ring substituents is 2. The summed E-state index contributed by atoms with van der Waals surface area (Å²) >= 11 is 0. The maximum atomic E-state index is 12.4. The molecule has 2 N–H and O–H groups in total. The molecule has 2 aliphatic rings. The van der Waals surface area contributed by atoms with Crippen LogP contribution in [0.3, 0.4) is 0 Å². The molecule has 12 nitrogen and oxygen atoms in total. The molecule has 0 saturated carbocycles. The highest BCUT2D eigenvalue weighted by Crippen LogP contribution is 2.21. The summed E-state index contributed by atoms with van der Waals surface area (Å²) in [6, 6.07) is 18.5. The van der Waals surface area contributed by atoms with Crippen molar-refractivity contribution in [2.45, 2.75) is 0 Å². The summed E-state index contributed by atoms with van der Waals surface area (Å²) in [6.07, 6.45) is 2.92. The fourth-order valence-corrected chi connectivity index (χ4v) is 3.77. The Kier molecular flexibility index (Phi) is 6.11. The Hall–Kier alpha value is -5.78. The molecule has 0 aromatic heterocycles. The van der Waals surface area contributed by atoms with Gasteiger partial charge in [-0.1, -0.05) is 48.5 Å². The van der Waals surface area contributed by atoms with E-state index in [0.717, 1.165) is 0 Å². The molecule has 0 unspecified atom stereocenters. The summed E-state index contributed by atoms with van der Waals surface area (Å²) in [5.41, 5.74) is 2.15. The number of amides is 2.